The van der Waals surface area contributed by atoms with E-state index in [1.54, 1.807) is 7.11 Å². The van der Waals surface area contributed by atoms with Crippen molar-refractivity contribution in [1.29, 1.82) is 0 Å². The quantitative estimate of drug-likeness (QED) is 0.595. The minimum Gasteiger partial charge on any atom is -0.497 e. The molecule has 2 atom stereocenters. The van der Waals surface area contributed by atoms with Gasteiger partial charge in [-0.1, -0.05) is 18.6 Å². The Bertz CT molecular complexity index is 468. The van der Waals surface area contributed by atoms with Gasteiger partial charge < -0.3 is 10.1 Å². The summed E-state index contributed by atoms with van der Waals surface area (Å²) in [5.41, 5.74) is 1.33. The lowest BCUT2D eigenvalue weighted by atomic mass is 9.97. The van der Waals surface area contributed by atoms with Crippen molar-refractivity contribution in [3.05, 3.63) is 29.8 Å². The van der Waals surface area contributed by atoms with Gasteiger partial charge in [0.2, 0.25) is 0 Å². The molecule has 2 saturated heterocycles. The molecule has 2 fully saturated rings. The third-order valence-corrected chi connectivity index (χ3v) is 6.64. The molecular weight excluding hydrogens is 343 g/mol. The highest BCUT2D eigenvalue weighted by atomic mass is 32.9. The first-order valence-corrected chi connectivity index (χ1v) is 12.0. The number of nitrogens with one attached hydrogen (secondary N) is 1. The number of benzene rings is 1. The number of thiol groups is 1. The molecule has 0 radical (unpaired) electrons. The molecule has 6 heteroatoms. The van der Waals surface area contributed by atoms with Crippen molar-refractivity contribution in [2.45, 2.75) is 44.6 Å². The first-order chi connectivity index (χ1) is 11.2. The van der Waals surface area contributed by atoms with E-state index in [0.717, 1.165) is 12.3 Å². The van der Waals surface area contributed by atoms with E-state index < -0.39 is 6.05 Å². The van der Waals surface area contributed by atoms with Gasteiger partial charge >= 0.3 is 6.05 Å². The van der Waals surface area contributed by atoms with Crippen LogP contribution in [0.25, 0.3) is 0 Å². The van der Waals surface area contributed by atoms with Crippen LogP contribution in [-0.2, 0) is 11.8 Å². The van der Waals surface area contributed by atoms with Crippen molar-refractivity contribution in [2.24, 2.45) is 0 Å². The summed E-state index contributed by atoms with van der Waals surface area (Å²) in [6.07, 6.45) is 7.91. The summed E-state index contributed by atoms with van der Waals surface area (Å²) in [5.74, 6) is 0.905. The zero-order valence-electron chi connectivity index (χ0n) is 13.9. The third kappa shape index (κ3) is 6.32. The Kier molecular flexibility index (Phi) is 8.84. The van der Waals surface area contributed by atoms with Crippen LogP contribution >= 0.6 is 18.3 Å². The number of methoxy groups -OCH3 is 1. The summed E-state index contributed by atoms with van der Waals surface area (Å²) in [7, 11) is 1.69. The smallest absolute Gasteiger partial charge is 0.338 e. The number of ether oxygens (including phenoxy) is 1. The Labute approximate surface area is 151 Å². The summed E-state index contributed by atoms with van der Waals surface area (Å²) in [6.45, 7) is 3.58. The van der Waals surface area contributed by atoms with Crippen molar-refractivity contribution in [2.75, 3.05) is 26.7 Å². The van der Waals surface area contributed by atoms with Crippen LogP contribution in [0, 0.1) is 0 Å². The second-order valence-corrected chi connectivity index (χ2v) is 10.0. The van der Waals surface area contributed by atoms with Gasteiger partial charge in [-0.3, -0.25) is 0 Å². The minimum absolute atomic E-state index is 0.441. The Morgan fingerprint density at radius 3 is 2.30 bits per heavy atom. The van der Waals surface area contributed by atoms with Crippen LogP contribution in [-0.4, -0.2) is 31.4 Å². The molecule has 0 aliphatic carbocycles. The molecule has 0 aromatic heterocycles. The molecule has 23 heavy (non-hydrogen) atoms. The normalized spacial score (nSPS) is 22.7. The molecule has 2 aliphatic heterocycles. The van der Waals surface area contributed by atoms with Gasteiger partial charge in [-0.2, -0.15) is 0 Å². The molecule has 128 valence electrons. The fraction of sp³-hybridized carbons (Fsp3) is 0.647. The lowest BCUT2D eigenvalue weighted by Gasteiger charge is -2.28. The Morgan fingerprint density at radius 2 is 1.83 bits per heavy atom. The van der Waals surface area contributed by atoms with Crippen molar-refractivity contribution in [3.63, 3.8) is 0 Å². The number of hydrogen-bond acceptors (Lipinski definition) is 3. The van der Waals surface area contributed by atoms with Crippen molar-refractivity contribution >= 4 is 30.1 Å². The van der Waals surface area contributed by atoms with Gasteiger partial charge in [0, 0.05) is 6.54 Å². The SMILES string of the molecule is C1CCNCC1.COc1ccc(C2CCCCN2[P+](=S)S)cc1. The Hall–Kier alpha value is -0.190. The molecule has 2 unspecified atom stereocenters. The molecule has 3 rings (SSSR count). The summed E-state index contributed by atoms with van der Waals surface area (Å²) < 4.78 is 7.55. The number of hydrogen-bond donors (Lipinski definition) is 2. The van der Waals surface area contributed by atoms with Gasteiger partial charge in [0.1, 0.15) is 5.75 Å². The second kappa shape index (κ2) is 10.6. The average Bonchev–Trinajstić information content (AvgIpc) is 2.64. The maximum atomic E-state index is 5.35. The number of rotatable bonds is 3. The zero-order valence-corrected chi connectivity index (χ0v) is 16.5. The predicted molar refractivity (Wildman–Crippen MR) is 106 cm³/mol. The van der Waals surface area contributed by atoms with Gasteiger partial charge in [-0.05, 0) is 62.9 Å². The zero-order chi connectivity index (χ0) is 16.5. The van der Waals surface area contributed by atoms with Crippen LogP contribution in [0.2, 0.25) is 0 Å². The van der Waals surface area contributed by atoms with Crippen LogP contribution < -0.4 is 10.1 Å². The summed E-state index contributed by atoms with van der Waals surface area (Å²) in [6, 6.07) is 8.05. The molecule has 0 saturated carbocycles. The Balaban J connectivity index is 0.000000268. The molecule has 0 amide bonds. The summed E-state index contributed by atoms with van der Waals surface area (Å²) in [5, 5.41) is 3.28. The van der Waals surface area contributed by atoms with Crippen molar-refractivity contribution in [3.8, 4) is 5.75 Å². The van der Waals surface area contributed by atoms with E-state index >= 15 is 0 Å². The molecule has 2 heterocycles. The van der Waals surface area contributed by atoms with E-state index in [0.29, 0.717) is 6.04 Å². The minimum atomic E-state index is -0.713. The second-order valence-electron chi connectivity index (χ2n) is 6.01. The lowest BCUT2D eigenvalue weighted by Crippen LogP contribution is -2.26. The highest BCUT2D eigenvalue weighted by Crippen LogP contribution is 2.44. The van der Waals surface area contributed by atoms with E-state index in [-0.39, 0.29) is 0 Å². The van der Waals surface area contributed by atoms with Gasteiger partial charge in [-0.15, -0.1) is 4.67 Å². The molecular formula is C17H28N2OPS2+. The summed E-state index contributed by atoms with van der Waals surface area (Å²) >= 11 is 9.82. The van der Waals surface area contributed by atoms with Crippen LogP contribution in [0.15, 0.2) is 24.3 Å². The van der Waals surface area contributed by atoms with Crippen molar-refractivity contribution in [1.82, 2.24) is 9.99 Å². The topological polar surface area (TPSA) is 24.5 Å². The maximum Gasteiger partial charge on any atom is 0.338 e. The predicted octanol–water partition coefficient (Wildman–Crippen LogP) is 4.69. The van der Waals surface area contributed by atoms with Gasteiger partial charge in [0.15, 0.2) is 11.8 Å². The molecule has 1 N–H and O–H groups in total. The fourth-order valence-corrected chi connectivity index (χ4v) is 5.12. The molecule has 1 aromatic rings. The first-order valence-electron chi connectivity index (χ1n) is 8.49. The average molecular weight is 372 g/mol. The number of piperidine rings is 2. The van der Waals surface area contributed by atoms with Gasteiger partial charge in [-0.25, -0.2) is 0 Å². The van der Waals surface area contributed by atoms with Crippen LogP contribution in [0.5, 0.6) is 5.75 Å². The van der Waals surface area contributed by atoms with Crippen LogP contribution in [0.3, 0.4) is 0 Å². The molecule has 0 bridgehead atoms. The Morgan fingerprint density at radius 1 is 1.13 bits per heavy atom. The highest BCUT2D eigenvalue weighted by Gasteiger charge is 2.32. The molecule has 0 spiro atoms. The molecule has 3 nitrogen and oxygen atoms in total. The molecule has 2 aliphatic rings. The summed E-state index contributed by atoms with van der Waals surface area (Å²) in [4.78, 5) is 0. The van der Waals surface area contributed by atoms with E-state index in [2.05, 4.69) is 34.4 Å². The van der Waals surface area contributed by atoms with Crippen LogP contribution in [0.4, 0.5) is 0 Å². The largest absolute Gasteiger partial charge is 0.497 e. The number of nitrogens with zero attached hydrogens (tertiary/aromatic N) is 1. The van der Waals surface area contributed by atoms with E-state index in [9.17, 15) is 0 Å². The molecule has 1 aromatic carbocycles. The van der Waals surface area contributed by atoms with Gasteiger partial charge in [0.25, 0.3) is 0 Å². The fourth-order valence-electron chi connectivity index (χ4n) is 3.09. The van der Waals surface area contributed by atoms with Crippen molar-refractivity contribution < 1.29 is 4.74 Å². The van der Waals surface area contributed by atoms with E-state index in [4.69, 9.17) is 16.5 Å². The van der Waals surface area contributed by atoms with Gasteiger partial charge in [0.05, 0.1) is 25.4 Å². The first kappa shape index (κ1) is 19.1. The monoisotopic (exact) mass is 371 g/mol. The van der Waals surface area contributed by atoms with E-state index in [1.807, 2.05) is 12.1 Å². The lowest BCUT2D eigenvalue weighted by molar-refractivity contribution is 0.276. The van der Waals surface area contributed by atoms with E-state index in [1.165, 1.54) is 57.2 Å². The van der Waals surface area contributed by atoms with Crippen LogP contribution in [0.1, 0.15) is 50.1 Å². The highest BCUT2D eigenvalue weighted by molar-refractivity contribution is 8.55. The standard InChI is InChI=1S/C12H16NOPS2.C5H11N/c1-14-11-7-5-10(6-8-11)12-4-2-3-9-13(12)15(16)17;1-2-4-6-5-3-1/h5-8,12H,2-4,9H2,1H3;6H,1-5H2/p+1. The third-order valence-electron chi connectivity index (χ3n) is 4.40. The maximum absolute atomic E-state index is 5.35.